The minimum absolute atomic E-state index is 0.115. The van der Waals surface area contributed by atoms with Crippen LogP contribution in [0.1, 0.15) is 50.4 Å². The van der Waals surface area contributed by atoms with Crippen LogP contribution in [0.5, 0.6) is 0 Å². The summed E-state index contributed by atoms with van der Waals surface area (Å²) in [7, 11) is 0. The average Bonchev–Trinajstić information content (AvgIpc) is 2.74. The molecule has 1 aromatic rings. The van der Waals surface area contributed by atoms with Gasteiger partial charge in [-0.3, -0.25) is 9.59 Å². The van der Waals surface area contributed by atoms with Crippen LogP contribution in [0.2, 0.25) is 0 Å². The van der Waals surface area contributed by atoms with E-state index in [1.54, 1.807) is 6.20 Å². The van der Waals surface area contributed by atoms with Gasteiger partial charge in [-0.05, 0) is 38.3 Å². The molecule has 0 atom stereocenters. The number of nitrogens with zero attached hydrogens (tertiary/aromatic N) is 3. The maximum Gasteiger partial charge on any atom is 0.252 e. The van der Waals surface area contributed by atoms with E-state index in [1.807, 2.05) is 24.0 Å². The highest BCUT2D eigenvalue weighted by molar-refractivity contribution is 5.94. The van der Waals surface area contributed by atoms with Crippen LogP contribution in [0.15, 0.2) is 18.3 Å². The molecule has 1 saturated heterocycles. The quantitative estimate of drug-likeness (QED) is 0.621. The third kappa shape index (κ3) is 6.19. The summed E-state index contributed by atoms with van der Waals surface area (Å²) in [6.07, 6.45) is 4.21. The summed E-state index contributed by atoms with van der Waals surface area (Å²) < 4.78 is 5.26. The Bertz CT molecular complexity index is 609. The average molecular weight is 391 g/mol. The Balaban J connectivity index is 1.81. The molecule has 0 bridgehead atoms. The van der Waals surface area contributed by atoms with Crippen molar-refractivity contribution in [2.24, 2.45) is 5.92 Å². The van der Waals surface area contributed by atoms with E-state index in [9.17, 15) is 9.59 Å². The van der Waals surface area contributed by atoms with Crippen molar-refractivity contribution < 1.29 is 14.3 Å². The highest BCUT2D eigenvalue weighted by Gasteiger charge is 2.25. The molecule has 0 unspecified atom stereocenters. The van der Waals surface area contributed by atoms with E-state index < -0.39 is 0 Å². The van der Waals surface area contributed by atoms with E-state index >= 15 is 0 Å². The Hall–Kier alpha value is -2.15. The maximum atomic E-state index is 12.5. The first-order valence-electron chi connectivity index (χ1n) is 10.5. The second-order valence-electron chi connectivity index (χ2n) is 7.04. The first kappa shape index (κ1) is 22.1. The number of rotatable bonds is 10. The van der Waals surface area contributed by atoms with Crippen LogP contribution < -0.4 is 10.2 Å². The van der Waals surface area contributed by atoms with E-state index in [4.69, 9.17) is 4.74 Å². The van der Waals surface area contributed by atoms with Gasteiger partial charge < -0.3 is 19.9 Å². The van der Waals surface area contributed by atoms with E-state index in [-0.39, 0.29) is 17.7 Å². The minimum atomic E-state index is -0.115. The summed E-state index contributed by atoms with van der Waals surface area (Å²) in [5, 5.41) is 2.88. The SMILES string of the molecule is CCOCCCNC(=O)c1ccc(N2CCN(C(=O)C(CC)CC)CC2)nc1. The largest absolute Gasteiger partial charge is 0.382 e. The number of ether oxygens (including phenoxy) is 1. The Kier molecular flexibility index (Phi) is 9.20. The molecule has 1 aromatic heterocycles. The molecule has 0 aromatic carbocycles. The molecule has 7 nitrogen and oxygen atoms in total. The number of piperazine rings is 1. The van der Waals surface area contributed by atoms with E-state index in [1.165, 1.54) is 0 Å². The Morgan fingerprint density at radius 3 is 2.43 bits per heavy atom. The molecule has 0 spiro atoms. The highest BCUT2D eigenvalue weighted by atomic mass is 16.5. The molecule has 1 fully saturated rings. The zero-order valence-electron chi connectivity index (χ0n) is 17.4. The molecule has 7 heteroatoms. The van der Waals surface area contributed by atoms with Gasteiger partial charge in [-0.1, -0.05) is 13.8 Å². The monoisotopic (exact) mass is 390 g/mol. The van der Waals surface area contributed by atoms with E-state index in [2.05, 4.69) is 29.0 Å². The summed E-state index contributed by atoms with van der Waals surface area (Å²) in [6, 6.07) is 3.69. The molecule has 156 valence electrons. The molecule has 1 aliphatic heterocycles. The molecule has 2 rings (SSSR count). The topological polar surface area (TPSA) is 74.8 Å². The van der Waals surface area contributed by atoms with Crippen LogP contribution in [-0.4, -0.2) is 67.6 Å². The number of hydrogen-bond donors (Lipinski definition) is 1. The van der Waals surface area contributed by atoms with Crippen molar-refractivity contribution in [2.45, 2.75) is 40.0 Å². The van der Waals surface area contributed by atoms with Crippen LogP contribution in [0, 0.1) is 5.92 Å². The minimum Gasteiger partial charge on any atom is -0.382 e. The second-order valence-corrected chi connectivity index (χ2v) is 7.04. The van der Waals surface area contributed by atoms with Gasteiger partial charge in [-0.2, -0.15) is 0 Å². The fourth-order valence-corrected chi connectivity index (χ4v) is 3.38. The van der Waals surface area contributed by atoms with Crippen LogP contribution in [0.25, 0.3) is 0 Å². The highest BCUT2D eigenvalue weighted by Crippen LogP contribution is 2.17. The van der Waals surface area contributed by atoms with Crippen molar-refractivity contribution in [3.05, 3.63) is 23.9 Å². The number of anilines is 1. The summed E-state index contributed by atoms with van der Waals surface area (Å²) in [4.78, 5) is 33.3. The standard InChI is InChI=1S/C21H34N4O3/c1-4-17(5-2)21(27)25-13-11-24(12-14-25)19-9-8-18(16-23-19)20(26)22-10-7-15-28-6-3/h8-9,16-17H,4-7,10-15H2,1-3H3,(H,22,26). The number of carbonyl (C=O) groups is 2. The predicted molar refractivity (Wildman–Crippen MR) is 111 cm³/mol. The molecule has 0 aliphatic carbocycles. The van der Waals surface area contributed by atoms with Crippen LogP contribution in [0.3, 0.4) is 0 Å². The fourth-order valence-electron chi connectivity index (χ4n) is 3.38. The first-order chi connectivity index (χ1) is 13.6. The van der Waals surface area contributed by atoms with E-state index in [0.717, 1.165) is 51.3 Å². The number of aromatic nitrogens is 1. The summed E-state index contributed by atoms with van der Waals surface area (Å²) in [6.45, 7) is 11.0. The van der Waals surface area contributed by atoms with E-state index in [0.29, 0.717) is 25.3 Å². The predicted octanol–water partition coefficient (Wildman–Crippen LogP) is 2.32. The van der Waals surface area contributed by atoms with Gasteiger partial charge in [0.1, 0.15) is 5.82 Å². The van der Waals surface area contributed by atoms with Gasteiger partial charge in [0, 0.05) is 58.1 Å². The second kappa shape index (κ2) is 11.6. The third-order valence-corrected chi connectivity index (χ3v) is 5.22. The fraction of sp³-hybridized carbons (Fsp3) is 0.667. The van der Waals surface area contributed by atoms with Gasteiger partial charge in [0.2, 0.25) is 5.91 Å². The molecule has 1 aliphatic rings. The van der Waals surface area contributed by atoms with Crippen LogP contribution in [0.4, 0.5) is 5.82 Å². The number of nitrogens with one attached hydrogen (secondary N) is 1. The molecular weight excluding hydrogens is 356 g/mol. The van der Waals surface area contributed by atoms with Gasteiger partial charge in [-0.25, -0.2) is 4.98 Å². The number of hydrogen-bond acceptors (Lipinski definition) is 5. The van der Waals surface area contributed by atoms with Gasteiger partial charge in [0.25, 0.3) is 5.91 Å². The normalized spacial score (nSPS) is 14.4. The summed E-state index contributed by atoms with van der Waals surface area (Å²) in [5.41, 5.74) is 0.558. The zero-order valence-corrected chi connectivity index (χ0v) is 17.4. The van der Waals surface area contributed by atoms with Crippen molar-refractivity contribution in [1.82, 2.24) is 15.2 Å². The first-order valence-corrected chi connectivity index (χ1v) is 10.5. The molecular formula is C21H34N4O3. The summed E-state index contributed by atoms with van der Waals surface area (Å²) in [5.74, 6) is 1.14. The lowest BCUT2D eigenvalue weighted by atomic mass is 10.0. The number of amides is 2. The van der Waals surface area contributed by atoms with Crippen molar-refractivity contribution in [3.8, 4) is 0 Å². The zero-order chi connectivity index (χ0) is 20.4. The smallest absolute Gasteiger partial charge is 0.252 e. The lowest BCUT2D eigenvalue weighted by molar-refractivity contribution is -0.136. The lowest BCUT2D eigenvalue weighted by Crippen LogP contribution is -2.50. The van der Waals surface area contributed by atoms with Crippen molar-refractivity contribution in [1.29, 1.82) is 0 Å². The molecule has 2 amide bonds. The molecule has 0 saturated carbocycles. The van der Waals surface area contributed by atoms with Gasteiger partial charge in [0.15, 0.2) is 0 Å². The Morgan fingerprint density at radius 1 is 1.14 bits per heavy atom. The molecule has 0 radical (unpaired) electrons. The number of pyridine rings is 1. The van der Waals surface area contributed by atoms with Crippen molar-refractivity contribution >= 4 is 17.6 Å². The van der Waals surface area contributed by atoms with Gasteiger partial charge >= 0.3 is 0 Å². The molecule has 1 N–H and O–H groups in total. The maximum absolute atomic E-state index is 12.5. The van der Waals surface area contributed by atoms with Crippen LogP contribution >= 0.6 is 0 Å². The third-order valence-electron chi connectivity index (χ3n) is 5.22. The Morgan fingerprint density at radius 2 is 1.86 bits per heavy atom. The Labute approximate surface area is 168 Å². The molecule has 2 heterocycles. The van der Waals surface area contributed by atoms with Crippen LogP contribution in [-0.2, 0) is 9.53 Å². The van der Waals surface area contributed by atoms with Gasteiger partial charge in [-0.15, -0.1) is 0 Å². The summed E-state index contributed by atoms with van der Waals surface area (Å²) >= 11 is 0. The lowest BCUT2D eigenvalue weighted by Gasteiger charge is -2.36. The van der Waals surface area contributed by atoms with Crippen molar-refractivity contribution in [3.63, 3.8) is 0 Å². The number of carbonyl (C=O) groups excluding carboxylic acids is 2. The molecule has 28 heavy (non-hydrogen) atoms. The van der Waals surface area contributed by atoms with Crippen molar-refractivity contribution in [2.75, 3.05) is 50.8 Å². The van der Waals surface area contributed by atoms with Gasteiger partial charge in [0.05, 0.1) is 5.56 Å².